The second-order valence-electron chi connectivity index (χ2n) is 13.8. The molecule has 4 fully saturated rings. The van der Waals surface area contributed by atoms with Gasteiger partial charge in [-0.2, -0.15) is 0 Å². The van der Waals surface area contributed by atoms with Gasteiger partial charge in [-0.25, -0.2) is 0 Å². The van der Waals surface area contributed by atoms with Gasteiger partial charge in [0.2, 0.25) is 0 Å². The predicted molar refractivity (Wildman–Crippen MR) is 119 cm³/mol. The molecule has 4 rings (SSSR count). The van der Waals surface area contributed by atoms with Gasteiger partial charge >= 0.3 is 0 Å². The van der Waals surface area contributed by atoms with Crippen LogP contribution in [0.4, 0.5) is 0 Å². The summed E-state index contributed by atoms with van der Waals surface area (Å²) in [6, 6.07) is 0. The number of hydrogen-bond donors (Lipinski definition) is 1. The van der Waals surface area contributed by atoms with Crippen LogP contribution in [0.2, 0.25) is 0 Å². The number of aliphatic hydroxyl groups is 1. The second-order valence-corrected chi connectivity index (χ2v) is 13.8. The molecule has 3 unspecified atom stereocenters. The zero-order chi connectivity index (χ0) is 20.5. The van der Waals surface area contributed by atoms with Crippen LogP contribution in [0.3, 0.4) is 0 Å². The molecule has 4 aliphatic rings. The maximum Gasteiger partial charge on any atom is 0.0622 e. The zero-order valence-corrected chi connectivity index (χ0v) is 20.0. The first-order valence-corrected chi connectivity index (χ1v) is 12.6. The Bertz CT molecular complexity index is 586. The topological polar surface area (TPSA) is 20.2 Å². The molecule has 1 nitrogen and oxygen atoms in total. The Morgan fingerprint density at radius 1 is 0.857 bits per heavy atom. The zero-order valence-electron chi connectivity index (χ0n) is 20.0. The minimum atomic E-state index is -0.402. The van der Waals surface area contributed by atoms with Crippen LogP contribution in [-0.2, 0) is 0 Å². The van der Waals surface area contributed by atoms with Crippen molar-refractivity contribution < 1.29 is 5.11 Å². The molecule has 0 radical (unpaired) electrons. The molecular weight excluding hydrogens is 340 g/mol. The summed E-state index contributed by atoms with van der Waals surface area (Å²) in [5, 5.41) is 10.7. The molecule has 0 heterocycles. The largest absolute Gasteiger partial charge is 0.390 e. The van der Waals surface area contributed by atoms with Gasteiger partial charge in [0.15, 0.2) is 0 Å². The van der Waals surface area contributed by atoms with Crippen LogP contribution < -0.4 is 0 Å². The molecule has 1 N–H and O–H groups in total. The van der Waals surface area contributed by atoms with E-state index >= 15 is 0 Å². The van der Waals surface area contributed by atoms with E-state index in [0.29, 0.717) is 16.2 Å². The van der Waals surface area contributed by atoms with Crippen LogP contribution in [0.25, 0.3) is 0 Å². The first-order valence-electron chi connectivity index (χ1n) is 12.6. The lowest BCUT2D eigenvalue weighted by Crippen LogP contribution is -2.55. The van der Waals surface area contributed by atoms with Gasteiger partial charge in [-0.1, -0.05) is 41.5 Å². The van der Waals surface area contributed by atoms with Gasteiger partial charge in [-0.05, 0) is 123 Å². The van der Waals surface area contributed by atoms with E-state index in [4.69, 9.17) is 0 Å². The Morgan fingerprint density at radius 2 is 1.54 bits per heavy atom. The van der Waals surface area contributed by atoms with E-state index in [1.165, 1.54) is 51.4 Å². The van der Waals surface area contributed by atoms with E-state index in [1.807, 2.05) is 0 Å². The molecule has 0 aromatic carbocycles. The summed E-state index contributed by atoms with van der Waals surface area (Å²) >= 11 is 0. The highest BCUT2D eigenvalue weighted by Crippen LogP contribution is 2.69. The summed E-state index contributed by atoms with van der Waals surface area (Å²) in [7, 11) is 0. The Labute approximate surface area is 175 Å². The fourth-order valence-electron chi connectivity index (χ4n) is 9.51. The van der Waals surface area contributed by atoms with Gasteiger partial charge in [0.25, 0.3) is 0 Å². The maximum atomic E-state index is 10.7. The highest BCUT2D eigenvalue weighted by Gasteiger charge is 2.61. The van der Waals surface area contributed by atoms with Crippen LogP contribution >= 0.6 is 0 Å². The van der Waals surface area contributed by atoms with Crippen molar-refractivity contribution in [1.82, 2.24) is 0 Å². The highest BCUT2D eigenvalue weighted by molar-refractivity contribution is 5.10. The molecule has 4 saturated carbocycles. The fourth-order valence-corrected chi connectivity index (χ4v) is 9.51. The Balaban J connectivity index is 1.54. The lowest BCUT2D eigenvalue weighted by atomic mass is 9.43. The maximum absolute atomic E-state index is 10.7. The average molecular weight is 389 g/mol. The lowest BCUT2D eigenvalue weighted by molar-refractivity contribution is -0.148. The van der Waals surface area contributed by atoms with Crippen LogP contribution in [0.5, 0.6) is 0 Å². The summed E-state index contributed by atoms with van der Waals surface area (Å²) in [6.07, 6.45) is 13.5. The van der Waals surface area contributed by atoms with Crippen molar-refractivity contribution in [3.63, 3.8) is 0 Å². The van der Waals surface area contributed by atoms with E-state index < -0.39 is 5.60 Å². The summed E-state index contributed by atoms with van der Waals surface area (Å²) in [5.41, 5.74) is 1.15. The van der Waals surface area contributed by atoms with Crippen molar-refractivity contribution in [3.8, 4) is 0 Å². The van der Waals surface area contributed by atoms with Crippen LogP contribution in [0.15, 0.2) is 0 Å². The fraction of sp³-hybridized carbons (Fsp3) is 1.00. The van der Waals surface area contributed by atoms with Crippen LogP contribution in [0, 0.1) is 51.8 Å². The van der Waals surface area contributed by atoms with Gasteiger partial charge in [0.1, 0.15) is 0 Å². The van der Waals surface area contributed by atoms with E-state index in [2.05, 4.69) is 48.5 Å². The van der Waals surface area contributed by atoms with Crippen molar-refractivity contribution >= 4 is 0 Å². The molecule has 0 amide bonds. The monoisotopic (exact) mass is 388 g/mol. The van der Waals surface area contributed by atoms with Crippen LogP contribution in [0.1, 0.15) is 113 Å². The minimum absolute atomic E-state index is 0.402. The molecule has 4 aliphatic carbocycles. The lowest BCUT2D eigenvalue weighted by Gasteiger charge is -2.62. The van der Waals surface area contributed by atoms with Gasteiger partial charge in [-0.15, -0.1) is 0 Å². The predicted octanol–water partition coefficient (Wildman–Crippen LogP) is 7.47. The summed E-state index contributed by atoms with van der Waals surface area (Å²) in [5.74, 6) is 5.43. The van der Waals surface area contributed by atoms with Crippen molar-refractivity contribution in [1.29, 1.82) is 0 Å². The van der Waals surface area contributed by atoms with Crippen molar-refractivity contribution in [2.24, 2.45) is 51.8 Å². The first-order chi connectivity index (χ1) is 12.9. The van der Waals surface area contributed by atoms with Crippen molar-refractivity contribution in [2.45, 2.75) is 118 Å². The molecule has 0 aromatic heterocycles. The molecule has 162 valence electrons. The third-order valence-electron chi connectivity index (χ3n) is 10.6. The molecule has 0 bridgehead atoms. The van der Waals surface area contributed by atoms with Gasteiger partial charge in [0.05, 0.1) is 5.60 Å². The molecular formula is C27H48O. The third kappa shape index (κ3) is 3.40. The van der Waals surface area contributed by atoms with Crippen molar-refractivity contribution in [2.75, 3.05) is 0 Å². The summed E-state index contributed by atoms with van der Waals surface area (Å²) in [4.78, 5) is 0. The SMILES string of the molecule is C[C@H](CC(C)(C)C)[C@H]1CCC2C3CC[C@H]4C[C@@](C)(O)CC[C@]4(C)C3CC[C@@]21C. The molecule has 1 heteroatoms. The second kappa shape index (κ2) is 6.73. The minimum Gasteiger partial charge on any atom is -0.390 e. The van der Waals surface area contributed by atoms with E-state index in [-0.39, 0.29) is 0 Å². The van der Waals surface area contributed by atoms with E-state index in [9.17, 15) is 5.11 Å². The Morgan fingerprint density at radius 3 is 2.21 bits per heavy atom. The normalized spacial score (nSPS) is 52.5. The Hall–Kier alpha value is -0.0400. The van der Waals surface area contributed by atoms with E-state index in [1.54, 1.807) is 0 Å². The average Bonchev–Trinajstić information content (AvgIpc) is 2.91. The van der Waals surface area contributed by atoms with Gasteiger partial charge in [0, 0.05) is 0 Å². The first kappa shape index (κ1) is 21.2. The number of rotatable bonds is 2. The molecule has 0 aromatic rings. The molecule has 9 atom stereocenters. The smallest absolute Gasteiger partial charge is 0.0622 e. The number of hydrogen-bond acceptors (Lipinski definition) is 1. The van der Waals surface area contributed by atoms with E-state index in [0.717, 1.165) is 48.3 Å². The van der Waals surface area contributed by atoms with Gasteiger partial charge in [-0.3, -0.25) is 0 Å². The molecule has 0 saturated heterocycles. The summed E-state index contributed by atoms with van der Waals surface area (Å²) < 4.78 is 0. The summed E-state index contributed by atoms with van der Waals surface area (Å²) in [6.45, 7) is 17.3. The third-order valence-corrected chi connectivity index (χ3v) is 10.6. The standard InChI is InChI=1S/C27H48O/c1-18(16-24(2,3)4)21-10-11-22-20-9-8-19-17-25(5,28)14-15-26(19,6)23(20)12-13-27(21,22)7/h18-23,28H,8-17H2,1-7H3/t18-,19+,20?,21-,22?,23?,25+,26+,27-/m1/s1. The molecule has 0 aliphatic heterocycles. The Kier molecular flexibility index (Phi) is 5.10. The highest BCUT2D eigenvalue weighted by atomic mass is 16.3. The van der Waals surface area contributed by atoms with Crippen molar-refractivity contribution in [3.05, 3.63) is 0 Å². The van der Waals surface area contributed by atoms with Gasteiger partial charge < -0.3 is 5.11 Å². The molecule has 0 spiro atoms. The molecule has 28 heavy (non-hydrogen) atoms. The van der Waals surface area contributed by atoms with Crippen LogP contribution in [-0.4, -0.2) is 10.7 Å². The quantitative estimate of drug-likeness (QED) is 0.520. The number of fused-ring (bicyclic) bond motifs is 5.